The van der Waals surface area contributed by atoms with Crippen molar-refractivity contribution in [3.8, 4) is 17.3 Å². The Kier molecular flexibility index (Phi) is 2.99. The molecule has 0 spiro atoms. The molecule has 0 fully saturated rings. The van der Waals surface area contributed by atoms with Crippen molar-refractivity contribution >= 4 is 16.7 Å². The zero-order chi connectivity index (χ0) is 15.0. The van der Waals surface area contributed by atoms with Gasteiger partial charge in [-0.15, -0.1) is 0 Å². The van der Waals surface area contributed by atoms with Gasteiger partial charge in [0.1, 0.15) is 17.7 Å². The molecular formula is C16H13N5. The minimum absolute atomic E-state index is 0.342. The molecule has 102 valence electrons. The van der Waals surface area contributed by atoms with E-state index in [1.807, 2.05) is 37.3 Å². The molecule has 0 saturated carbocycles. The third kappa shape index (κ3) is 2.17. The van der Waals surface area contributed by atoms with Crippen molar-refractivity contribution in [1.29, 1.82) is 5.26 Å². The highest BCUT2D eigenvalue weighted by molar-refractivity contribution is 5.86. The zero-order valence-electron chi connectivity index (χ0n) is 11.8. The topological polar surface area (TPSA) is 88.5 Å². The second kappa shape index (κ2) is 4.84. The molecule has 3 rings (SSSR count). The predicted octanol–water partition coefficient (Wildman–Crippen LogP) is 2.76. The number of benzene rings is 1. The quantitative estimate of drug-likeness (QED) is 0.737. The van der Waals surface area contributed by atoms with Crippen LogP contribution in [0.25, 0.3) is 22.2 Å². The number of hydrogen-bond acceptors (Lipinski definition) is 5. The molecule has 0 aliphatic rings. The van der Waals surface area contributed by atoms with Crippen molar-refractivity contribution in [3.05, 3.63) is 47.4 Å². The fourth-order valence-corrected chi connectivity index (χ4v) is 2.29. The Morgan fingerprint density at radius 3 is 2.62 bits per heavy atom. The van der Waals surface area contributed by atoms with Crippen LogP contribution < -0.4 is 5.73 Å². The first-order valence-electron chi connectivity index (χ1n) is 6.51. The minimum atomic E-state index is 0.342. The largest absolute Gasteiger partial charge is 0.383 e. The van der Waals surface area contributed by atoms with E-state index in [1.165, 1.54) is 0 Å². The number of hydrogen-bond donors (Lipinski definition) is 1. The molecule has 0 atom stereocenters. The maximum atomic E-state index is 9.38. The van der Waals surface area contributed by atoms with Crippen LogP contribution >= 0.6 is 0 Å². The molecule has 2 heterocycles. The molecule has 0 radical (unpaired) electrons. The Morgan fingerprint density at radius 1 is 1.10 bits per heavy atom. The minimum Gasteiger partial charge on any atom is -0.383 e. The number of nitrogens with zero attached hydrogens (tertiary/aromatic N) is 4. The maximum Gasteiger partial charge on any atom is 0.150 e. The molecule has 1 aromatic carbocycles. The van der Waals surface area contributed by atoms with E-state index < -0.39 is 0 Å². The van der Waals surface area contributed by atoms with Gasteiger partial charge in [-0.05, 0) is 26.0 Å². The monoisotopic (exact) mass is 275 g/mol. The highest BCUT2D eigenvalue weighted by atomic mass is 14.9. The summed E-state index contributed by atoms with van der Waals surface area (Å²) in [6, 6.07) is 11.7. The predicted molar refractivity (Wildman–Crippen MR) is 81.4 cm³/mol. The number of aromatic nitrogens is 3. The van der Waals surface area contributed by atoms with Gasteiger partial charge in [0.15, 0.2) is 5.69 Å². The molecule has 0 aliphatic carbocycles. The van der Waals surface area contributed by atoms with Crippen LogP contribution in [-0.2, 0) is 0 Å². The van der Waals surface area contributed by atoms with Crippen molar-refractivity contribution < 1.29 is 0 Å². The summed E-state index contributed by atoms with van der Waals surface area (Å²) in [4.78, 5) is 13.0. The van der Waals surface area contributed by atoms with Crippen molar-refractivity contribution in [3.63, 3.8) is 0 Å². The summed E-state index contributed by atoms with van der Waals surface area (Å²) < 4.78 is 0. The second-order valence-corrected chi connectivity index (χ2v) is 4.82. The fourth-order valence-electron chi connectivity index (χ4n) is 2.29. The third-order valence-electron chi connectivity index (χ3n) is 3.38. The van der Waals surface area contributed by atoms with Crippen LogP contribution in [-0.4, -0.2) is 15.0 Å². The van der Waals surface area contributed by atoms with Crippen molar-refractivity contribution in [2.24, 2.45) is 0 Å². The van der Waals surface area contributed by atoms with Gasteiger partial charge in [-0.3, -0.25) is 0 Å². The van der Waals surface area contributed by atoms with Crippen LogP contribution in [0.4, 0.5) is 5.82 Å². The van der Waals surface area contributed by atoms with E-state index >= 15 is 0 Å². The lowest BCUT2D eigenvalue weighted by molar-refractivity contribution is 1.04. The summed E-state index contributed by atoms with van der Waals surface area (Å²) in [7, 11) is 0. The van der Waals surface area contributed by atoms with Gasteiger partial charge >= 0.3 is 0 Å². The summed E-state index contributed by atoms with van der Waals surface area (Å²) in [5.41, 5.74) is 9.14. The molecule has 2 N–H and O–H groups in total. The highest BCUT2D eigenvalue weighted by Crippen LogP contribution is 2.29. The molecule has 2 aromatic heterocycles. The van der Waals surface area contributed by atoms with Gasteiger partial charge in [0.25, 0.3) is 0 Å². The smallest absolute Gasteiger partial charge is 0.150 e. The number of fused-ring (bicyclic) bond motifs is 1. The van der Waals surface area contributed by atoms with E-state index in [2.05, 4.69) is 21.0 Å². The summed E-state index contributed by atoms with van der Waals surface area (Å²) in [6.45, 7) is 3.63. The van der Waals surface area contributed by atoms with Crippen LogP contribution in [0.3, 0.4) is 0 Å². The Morgan fingerprint density at radius 2 is 1.86 bits per heavy atom. The molecular weight excluding hydrogens is 262 g/mol. The molecule has 3 aromatic rings. The average molecular weight is 275 g/mol. The second-order valence-electron chi connectivity index (χ2n) is 4.82. The van der Waals surface area contributed by atoms with Gasteiger partial charge in [-0.2, -0.15) is 5.26 Å². The Labute approximate surface area is 122 Å². The van der Waals surface area contributed by atoms with E-state index in [-0.39, 0.29) is 0 Å². The van der Waals surface area contributed by atoms with E-state index in [1.54, 1.807) is 6.92 Å². The van der Waals surface area contributed by atoms with Gasteiger partial charge in [0.05, 0.1) is 11.2 Å². The van der Waals surface area contributed by atoms with Gasteiger partial charge < -0.3 is 5.73 Å². The molecule has 0 bridgehead atoms. The molecule has 0 unspecified atom stereocenters. The molecule has 5 heteroatoms. The highest BCUT2D eigenvalue weighted by Gasteiger charge is 2.15. The molecule has 0 saturated heterocycles. The molecule has 0 amide bonds. The Hall–Kier alpha value is -3.00. The lowest BCUT2D eigenvalue weighted by Crippen LogP contribution is -2.03. The number of nitrogen functional groups attached to an aromatic ring is 1. The van der Waals surface area contributed by atoms with Crippen molar-refractivity contribution in [1.82, 2.24) is 15.0 Å². The van der Waals surface area contributed by atoms with Crippen LogP contribution in [0.1, 0.15) is 17.1 Å². The standard InChI is InChI=1S/C16H13N5/c1-9-15(19-10(2)20-16(9)18)12-7-11-5-3-4-6-13(11)21-14(12)8-17/h3-7H,1-2H3,(H2,18,19,20). The number of aryl methyl sites for hydroxylation is 1. The lowest BCUT2D eigenvalue weighted by Gasteiger charge is -2.10. The van der Waals surface area contributed by atoms with Crippen LogP contribution in [0, 0.1) is 25.2 Å². The number of nitrogens with two attached hydrogens (primary N) is 1. The summed E-state index contributed by atoms with van der Waals surface area (Å²) >= 11 is 0. The number of nitriles is 1. The SMILES string of the molecule is Cc1nc(N)c(C)c(-c2cc3ccccc3nc2C#N)n1. The zero-order valence-corrected chi connectivity index (χ0v) is 11.8. The van der Waals surface area contributed by atoms with Gasteiger partial charge in [0, 0.05) is 16.5 Å². The van der Waals surface area contributed by atoms with Gasteiger partial charge in [0.2, 0.25) is 0 Å². The van der Waals surface area contributed by atoms with Gasteiger partial charge in [-0.1, -0.05) is 18.2 Å². The van der Waals surface area contributed by atoms with E-state index in [9.17, 15) is 5.26 Å². The van der Waals surface area contributed by atoms with E-state index in [0.29, 0.717) is 28.6 Å². The van der Waals surface area contributed by atoms with E-state index in [4.69, 9.17) is 5.73 Å². The Balaban J connectivity index is 2.37. The average Bonchev–Trinajstić information content (AvgIpc) is 2.49. The van der Waals surface area contributed by atoms with Crippen LogP contribution in [0.5, 0.6) is 0 Å². The Bertz CT molecular complexity index is 893. The first-order chi connectivity index (χ1) is 10.1. The lowest BCUT2D eigenvalue weighted by atomic mass is 10.0. The fraction of sp³-hybridized carbons (Fsp3) is 0.125. The van der Waals surface area contributed by atoms with Crippen molar-refractivity contribution in [2.45, 2.75) is 13.8 Å². The van der Waals surface area contributed by atoms with Gasteiger partial charge in [-0.25, -0.2) is 15.0 Å². The number of anilines is 1. The molecule has 21 heavy (non-hydrogen) atoms. The van der Waals surface area contributed by atoms with Crippen LogP contribution in [0.2, 0.25) is 0 Å². The molecule has 5 nitrogen and oxygen atoms in total. The number of para-hydroxylation sites is 1. The summed E-state index contributed by atoms with van der Waals surface area (Å²) in [5.74, 6) is 1.000. The van der Waals surface area contributed by atoms with Crippen LogP contribution in [0.15, 0.2) is 30.3 Å². The van der Waals surface area contributed by atoms with E-state index in [0.717, 1.165) is 16.5 Å². The maximum absolute atomic E-state index is 9.38. The summed E-state index contributed by atoms with van der Waals surface area (Å²) in [6.07, 6.45) is 0. The first-order valence-corrected chi connectivity index (χ1v) is 6.51. The first kappa shape index (κ1) is 13.0. The molecule has 0 aliphatic heterocycles. The van der Waals surface area contributed by atoms with Crippen molar-refractivity contribution in [2.75, 3.05) is 5.73 Å². The normalized spacial score (nSPS) is 10.5. The number of pyridine rings is 1. The number of rotatable bonds is 1. The summed E-state index contributed by atoms with van der Waals surface area (Å²) in [5, 5.41) is 10.3. The third-order valence-corrected chi connectivity index (χ3v) is 3.38.